The predicted molar refractivity (Wildman–Crippen MR) is 91.7 cm³/mol. The number of aromatic hydroxyl groups is 2. The van der Waals surface area contributed by atoms with Gasteiger partial charge in [0.1, 0.15) is 0 Å². The smallest absolute Gasteiger partial charge is 0.305 e. The van der Waals surface area contributed by atoms with Crippen molar-refractivity contribution in [1.29, 1.82) is 0 Å². The minimum Gasteiger partial charge on any atom is -0.504 e. The number of carbonyl (C=O) groups excluding carboxylic acids is 1. The molecule has 4 heteroatoms. The Labute approximate surface area is 139 Å². The number of ether oxygens (including phenoxy) is 1. The standard InChI is InChI=1S/C19H30O4/c1-2-3-4-5-6-7-8-11-19(22)23-14-9-10-16-12-13-17(20)18(21)15-16/h12-13,15,20-21H,2-11,14H2,1H3. The molecule has 23 heavy (non-hydrogen) atoms. The number of hydrogen-bond donors (Lipinski definition) is 2. The predicted octanol–water partition coefficient (Wildman–Crippen LogP) is 4.71. The number of hydrogen-bond acceptors (Lipinski definition) is 4. The molecule has 130 valence electrons. The van der Waals surface area contributed by atoms with Gasteiger partial charge in [-0.05, 0) is 37.0 Å². The fourth-order valence-corrected chi connectivity index (χ4v) is 2.49. The van der Waals surface area contributed by atoms with Gasteiger partial charge in [0, 0.05) is 6.42 Å². The third-order valence-electron chi connectivity index (χ3n) is 3.90. The van der Waals surface area contributed by atoms with Crippen molar-refractivity contribution in [3.8, 4) is 11.5 Å². The summed E-state index contributed by atoms with van der Waals surface area (Å²) in [5, 5.41) is 18.6. The molecule has 0 spiro atoms. The Morgan fingerprint density at radius 1 is 0.957 bits per heavy atom. The van der Waals surface area contributed by atoms with Crippen LogP contribution in [-0.2, 0) is 16.0 Å². The zero-order valence-corrected chi connectivity index (χ0v) is 14.2. The van der Waals surface area contributed by atoms with Crippen molar-refractivity contribution in [2.24, 2.45) is 0 Å². The molecule has 0 aliphatic carbocycles. The number of phenolic OH excluding ortho intramolecular Hbond substituents is 2. The van der Waals surface area contributed by atoms with E-state index in [4.69, 9.17) is 4.74 Å². The largest absolute Gasteiger partial charge is 0.504 e. The molecule has 0 unspecified atom stereocenters. The highest BCUT2D eigenvalue weighted by atomic mass is 16.5. The lowest BCUT2D eigenvalue weighted by Gasteiger charge is -2.06. The van der Waals surface area contributed by atoms with E-state index in [0.717, 1.165) is 18.4 Å². The van der Waals surface area contributed by atoms with Crippen molar-refractivity contribution in [2.45, 2.75) is 71.1 Å². The van der Waals surface area contributed by atoms with Crippen LogP contribution in [0.25, 0.3) is 0 Å². The number of rotatable bonds is 12. The van der Waals surface area contributed by atoms with E-state index < -0.39 is 0 Å². The van der Waals surface area contributed by atoms with E-state index in [-0.39, 0.29) is 17.5 Å². The highest BCUT2D eigenvalue weighted by molar-refractivity contribution is 5.69. The zero-order chi connectivity index (χ0) is 16.9. The molecular formula is C19H30O4. The van der Waals surface area contributed by atoms with Gasteiger partial charge in [-0.1, -0.05) is 51.5 Å². The quantitative estimate of drug-likeness (QED) is 0.332. The number of phenols is 2. The minimum atomic E-state index is -0.118. The van der Waals surface area contributed by atoms with Gasteiger partial charge in [-0.15, -0.1) is 0 Å². The summed E-state index contributed by atoms with van der Waals surface area (Å²) in [6.45, 7) is 2.61. The van der Waals surface area contributed by atoms with Crippen LogP contribution in [0.2, 0.25) is 0 Å². The Balaban J connectivity index is 2.00. The van der Waals surface area contributed by atoms with Crippen LogP contribution in [0.15, 0.2) is 18.2 Å². The Kier molecular flexibility index (Phi) is 9.92. The summed E-state index contributed by atoms with van der Waals surface area (Å²) < 4.78 is 5.21. The summed E-state index contributed by atoms with van der Waals surface area (Å²) in [7, 11) is 0. The molecule has 0 aromatic heterocycles. The van der Waals surface area contributed by atoms with Crippen LogP contribution in [-0.4, -0.2) is 22.8 Å². The average molecular weight is 322 g/mol. The molecule has 0 atom stereocenters. The topological polar surface area (TPSA) is 66.8 Å². The summed E-state index contributed by atoms with van der Waals surface area (Å²) in [5.41, 5.74) is 0.920. The third kappa shape index (κ3) is 9.11. The van der Waals surface area contributed by atoms with E-state index in [1.807, 2.05) is 0 Å². The van der Waals surface area contributed by atoms with Gasteiger partial charge < -0.3 is 14.9 Å². The number of carbonyl (C=O) groups is 1. The zero-order valence-electron chi connectivity index (χ0n) is 14.2. The average Bonchev–Trinajstić information content (AvgIpc) is 2.54. The lowest BCUT2D eigenvalue weighted by Crippen LogP contribution is -2.06. The molecule has 0 radical (unpaired) electrons. The number of esters is 1. The molecular weight excluding hydrogens is 292 g/mol. The first kappa shape index (κ1) is 19.3. The van der Waals surface area contributed by atoms with Gasteiger partial charge in [-0.25, -0.2) is 0 Å². The maximum absolute atomic E-state index is 11.6. The van der Waals surface area contributed by atoms with E-state index in [9.17, 15) is 15.0 Å². The lowest BCUT2D eigenvalue weighted by molar-refractivity contribution is -0.143. The summed E-state index contributed by atoms with van der Waals surface area (Å²) in [6.07, 6.45) is 10.3. The van der Waals surface area contributed by atoms with Gasteiger partial charge in [-0.2, -0.15) is 0 Å². The van der Waals surface area contributed by atoms with Crippen LogP contribution in [0.5, 0.6) is 11.5 Å². The van der Waals surface area contributed by atoms with Gasteiger partial charge in [-0.3, -0.25) is 4.79 Å². The molecule has 2 N–H and O–H groups in total. The van der Waals surface area contributed by atoms with Crippen LogP contribution in [0.3, 0.4) is 0 Å². The highest BCUT2D eigenvalue weighted by Gasteiger charge is 2.04. The molecule has 1 aromatic carbocycles. The van der Waals surface area contributed by atoms with E-state index >= 15 is 0 Å². The van der Waals surface area contributed by atoms with Crippen molar-refractivity contribution in [3.63, 3.8) is 0 Å². The fraction of sp³-hybridized carbons (Fsp3) is 0.632. The monoisotopic (exact) mass is 322 g/mol. The molecule has 0 bridgehead atoms. The van der Waals surface area contributed by atoms with E-state index in [0.29, 0.717) is 25.9 Å². The second-order valence-electron chi connectivity index (χ2n) is 6.02. The van der Waals surface area contributed by atoms with Crippen LogP contribution < -0.4 is 0 Å². The summed E-state index contributed by atoms with van der Waals surface area (Å²) in [5.74, 6) is -0.347. The van der Waals surface area contributed by atoms with Crippen molar-refractivity contribution in [2.75, 3.05) is 6.61 Å². The first-order valence-electron chi connectivity index (χ1n) is 8.80. The van der Waals surface area contributed by atoms with Crippen molar-refractivity contribution in [1.82, 2.24) is 0 Å². The first-order valence-corrected chi connectivity index (χ1v) is 8.80. The molecule has 0 amide bonds. The van der Waals surface area contributed by atoms with Crippen LogP contribution >= 0.6 is 0 Å². The Bertz CT molecular complexity index is 457. The molecule has 1 aromatic rings. The fourth-order valence-electron chi connectivity index (χ4n) is 2.49. The molecule has 4 nitrogen and oxygen atoms in total. The molecule has 0 heterocycles. The Hall–Kier alpha value is -1.71. The second-order valence-corrected chi connectivity index (χ2v) is 6.02. The number of unbranched alkanes of at least 4 members (excludes halogenated alkanes) is 6. The van der Waals surface area contributed by atoms with E-state index in [1.165, 1.54) is 44.2 Å². The normalized spacial score (nSPS) is 10.7. The third-order valence-corrected chi connectivity index (χ3v) is 3.90. The summed E-state index contributed by atoms with van der Waals surface area (Å²) in [6, 6.07) is 4.77. The number of benzene rings is 1. The maximum Gasteiger partial charge on any atom is 0.305 e. The lowest BCUT2D eigenvalue weighted by atomic mass is 10.1. The summed E-state index contributed by atoms with van der Waals surface area (Å²) >= 11 is 0. The van der Waals surface area contributed by atoms with Crippen LogP contribution in [0, 0.1) is 0 Å². The van der Waals surface area contributed by atoms with E-state index in [2.05, 4.69) is 6.92 Å². The molecule has 0 aliphatic heterocycles. The molecule has 0 saturated heterocycles. The van der Waals surface area contributed by atoms with Crippen LogP contribution in [0.1, 0.15) is 70.3 Å². The highest BCUT2D eigenvalue weighted by Crippen LogP contribution is 2.25. The Morgan fingerprint density at radius 2 is 1.65 bits per heavy atom. The number of aryl methyl sites for hydroxylation is 1. The van der Waals surface area contributed by atoms with Crippen molar-refractivity contribution >= 4 is 5.97 Å². The maximum atomic E-state index is 11.6. The molecule has 0 fully saturated rings. The van der Waals surface area contributed by atoms with Gasteiger partial charge in [0.2, 0.25) is 0 Å². The first-order chi connectivity index (χ1) is 11.1. The van der Waals surface area contributed by atoms with Gasteiger partial charge in [0.25, 0.3) is 0 Å². The minimum absolute atomic E-state index is 0.113. The Morgan fingerprint density at radius 3 is 2.35 bits per heavy atom. The molecule has 1 rings (SSSR count). The SMILES string of the molecule is CCCCCCCCCC(=O)OCCCc1ccc(O)c(O)c1. The molecule has 0 saturated carbocycles. The van der Waals surface area contributed by atoms with Gasteiger partial charge in [0.15, 0.2) is 11.5 Å². The van der Waals surface area contributed by atoms with Crippen molar-refractivity contribution < 1.29 is 19.7 Å². The van der Waals surface area contributed by atoms with Gasteiger partial charge in [0.05, 0.1) is 6.61 Å². The van der Waals surface area contributed by atoms with Gasteiger partial charge >= 0.3 is 5.97 Å². The van der Waals surface area contributed by atoms with Crippen molar-refractivity contribution in [3.05, 3.63) is 23.8 Å². The molecule has 0 aliphatic rings. The second kappa shape index (κ2) is 11.8. The van der Waals surface area contributed by atoms with E-state index in [1.54, 1.807) is 6.07 Å². The van der Waals surface area contributed by atoms with Crippen LogP contribution in [0.4, 0.5) is 0 Å². The summed E-state index contributed by atoms with van der Waals surface area (Å²) in [4.78, 5) is 11.6.